The van der Waals surface area contributed by atoms with Crippen LogP contribution in [-0.4, -0.2) is 68.1 Å². The number of ether oxygens (including phenoxy) is 2. The highest BCUT2D eigenvalue weighted by molar-refractivity contribution is 7.90. The van der Waals surface area contributed by atoms with Crippen LogP contribution in [0.1, 0.15) is 23.3 Å². The summed E-state index contributed by atoms with van der Waals surface area (Å²) in [5, 5.41) is 9.81. The van der Waals surface area contributed by atoms with Gasteiger partial charge in [0.1, 0.15) is 10.6 Å². The van der Waals surface area contributed by atoms with Crippen LogP contribution in [0.25, 0.3) is 11.4 Å². The number of nitrogens with one attached hydrogen (secondary N) is 2. The second-order valence-electron chi connectivity index (χ2n) is 9.50. The topological polar surface area (TPSA) is 174 Å². The number of hydrogen-bond donors (Lipinski definition) is 2. The predicted molar refractivity (Wildman–Crippen MR) is 161 cm³/mol. The van der Waals surface area contributed by atoms with E-state index < -0.39 is 33.8 Å². The van der Waals surface area contributed by atoms with Crippen LogP contribution in [0.15, 0.2) is 82.1 Å². The summed E-state index contributed by atoms with van der Waals surface area (Å²) in [5.41, 5.74) is 1.04. The van der Waals surface area contributed by atoms with Crippen molar-refractivity contribution in [2.75, 3.05) is 36.8 Å². The molecule has 1 atom stereocenters. The van der Waals surface area contributed by atoms with Gasteiger partial charge in [-0.25, -0.2) is 9.48 Å². The minimum Gasteiger partial charge on any atom is -0.495 e. The number of benzene rings is 3. The Kier molecular flexibility index (Phi) is 8.13. The van der Waals surface area contributed by atoms with Gasteiger partial charge in [0.05, 0.1) is 31.2 Å². The number of likely N-dealkylation sites (N-methyl/N-ethyl adjacent to an activating group) is 1. The van der Waals surface area contributed by atoms with Crippen LogP contribution in [0.2, 0.25) is 0 Å². The third-order valence-electron chi connectivity index (χ3n) is 6.63. The zero-order valence-corrected chi connectivity index (χ0v) is 24.8. The average Bonchev–Trinajstić information content (AvgIpc) is 3.42. The van der Waals surface area contributed by atoms with Crippen molar-refractivity contribution in [2.24, 2.45) is 4.40 Å². The summed E-state index contributed by atoms with van der Waals surface area (Å²) in [6, 6.07) is 17.7. The van der Waals surface area contributed by atoms with Crippen molar-refractivity contribution in [3.63, 3.8) is 0 Å². The van der Waals surface area contributed by atoms with Gasteiger partial charge in [-0.2, -0.15) is 13.4 Å². The number of hydrogen-bond acceptors (Lipinski definition) is 10. The van der Waals surface area contributed by atoms with E-state index in [1.165, 1.54) is 50.3 Å². The van der Waals surface area contributed by atoms with Gasteiger partial charge >= 0.3 is 5.97 Å². The number of sulfonamides is 1. The molecule has 1 aliphatic heterocycles. The molecule has 0 aliphatic carbocycles. The quantitative estimate of drug-likeness (QED) is 0.280. The molecule has 2 heterocycles. The number of amidine groups is 1. The van der Waals surface area contributed by atoms with Gasteiger partial charge in [-0.05, 0) is 30.3 Å². The minimum atomic E-state index is -4.27. The van der Waals surface area contributed by atoms with Gasteiger partial charge in [0.25, 0.3) is 15.9 Å². The Morgan fingerprint density at radius 1 is 0.932 bits per heavy atom. The van der Waals surface area contributed by atoms with Gasteiger partial charge in [-0.15, -0.1) is 9.50 Å². The highest BCUT2D eigenvalue weighted by Gasteiger charge is 2.39. The van der Waals surface area contributed by atoms with Gasteiger partial charge in [0.2, 0.25) is 11.9 Å². The fraction of sp³-hybridized carbons (Fsp3) is 0.172. The SMILES string of the molecule is COC(=O)c1ccc(OC)c(NC(=O)C(C2=NS(=O)(=O)c3ccccc3N2C)n2nc(-c3ccccc3)nc2NC(C)=O)c1. The van der Waals surface area contributed by atoms with E-state index >= 15 is 0 Å². The first-order valence-electron chi connectivity index (χ1n) is 13.1. The maximum absolute atomic E-state index is 14.3. The zero-order valence-electron chi connectivity index (χ0n) is 24.0. The van der Waals surface area contributed by atoms with E-state index in [2.05, 4.69) is 25.1 Å². The Balaban J connectivity index is 1.71. The molecule has 0 bridgehead atoms. The average molecular weight is 618 g/mol. The van der Waals surface area contributed by atoms with E-state index in [-0.39, 0.29) is 45.2 Å². The molecule has 0 spiro atoms. The fourth-order valence-corrected chi connectivity index (χ4v) is 5.87. The largest absolute Gasteiger partial charge is 0.495 e. The maximum Gasteiger partial charge on any atom is 0.337 e. The number of amides is 2. The molecule has 15 heteroatoms. The Morgan fingerprint density at radius 3 is 2.32 bits per heavy atom. The molecule has 4 aromatic rings. The molecule has 2 amide bonds. The van der Waals surface area contributed by atoms with Crippen molar-refractivity contribution >= 4 is 51.0 Å². The number of esters is 1. The van der Waals surface area contributed by atoms with Crippen LogP contribution in [0.5, 0.6) is 5.75 Å². The van der Waals surface area contributed by atoms with E-state index in [0.717, 1.165) is 4.68 Å². The van der Waals surface area contributed by atoms with Crippen molar-refractivity contribution in [2.45, 2.75) is 17.9 Å². The van der Waals surface area contributed by atoms with Crippen LogP contribution in [0.3, 0.4) is 0 Å². The maximum atomic E-state index is 14.3. The molecule has 2 N–H and O–H groups in total. The van der Waals surface area contributed by atoms with Gasteiger partial charge in [0.15, 0.2) is 17.7 Å². The molecule has 14 nitrogen and oxygen atoms in total. The molecule has 1 aliphatic rings. The molecule has 226 valence electrons. The summed E-state index contributed by atoms with van der Waals surface area (Å²) in [7, 11) is -0.120. The standard InChI is InChI=1S/C29H27N7O7S/c1-17(37)30-29-32-25(18-10-6-5-7-11-18)33-36(29)24(26-34-44(40,41)23-13-9-8-12-21(23)35(26)2)27(38)31-20-16-19(28(39)43-4)14-15-22(20)42-3/h5-16,24H,1-4H3,(H,31,38)(H,30,32,33,37). The Morgan fingerprint density at radius 2 is 1.64 bits per heavy atom. The molecule has 3 aromatic carbocycles. The lowest BCUT2D eigenvalue weighted by Crippen LogP contribution is -2.44. The molecule has 1 unspecified atom stereocenters. The number of para-hydroxylation sites is 1. The molecule has 0 fully saturated rings. The molecular weight excluding hydrogens is 590 g/mol. The van der Waals surface area contributed by atoms with Crippen molar-refractivity contribution in [1.29, 1.82) is 0 Å². The van der Waals surface area contributed by atoms with E-state index in [0.29, 0.717) is 5.56 Å². The number of aromatic nitrogens is 3. The number of rotatable bonds is 8. The summed E-state index contributed by atoms with van der Waals surface area (Å²) < 4.78 is 42.0. The molecular formula is C29H27N7O7S. The normalized spacial score (nSPS) is 14.1. The van der Waals surface area contributed by atoms with Gasteiger partial charge in [0, 0.05) is 19.5 Å². The van der Waals surface area contributed by atoms with E-state index in [1.807, 2.05) is 0 Å². The molecule has 0 radical (unpaired) electrons. The molecule has 0 saturated heterocycles. The first-order chi connectivity index (χ1) is 21.0. The smallest absolute Gasteiger partial charge is 0.337 e. The number of methoxy groups -OCH3 is 2. The summed E-state index contributed by atoms with van der Waals surface area (Å²) in [6.45, 7) is 1.25. The van der Waals surface area contributed by atoms with Crippen molar-refractivity contribution < 1.29 is 32.3 Å². The van der Waals surface area contributed by atoms with Gasteiger partial charge in [-0.3, -0.25) is 14.9 Å². The lowest BCUT2D eigenvalue weighted by molar-refractivity contribution is -0.118. The van der Waals surface area contributed by atoms with Crippen LogP contribution < -0.4 is 20.3 Å². The van der Waals surface area contributed by atoms with Crippen LogP contribution >= 0.6 is 0 Å². The first kappa shape index (κ1) is 29.9. The molecule has 44 heavy (non-hydrogen) atoms. The number of carbonyl (C=O) groups is 3. The number of anilines is 3. The van der Waals surface area contributed by atoms with E-state index in [9.17, 15) is 22.8 Å². The first-order valence-corrected chi connectivity index (χ1v) is 14.5. The van der Waals surface area contributed by atoms with Crippen molar-refractivity contribution in [1.82, 2.24) is 14.8 Å². The predicted octanol–water partition coefficient (Wildman–Crippen LogP) is 3.12. The van der Waals surface area contributed by atoms with E-state index in [4.69, 9.17) is 9.47 Å². The number of nitrogens with zero attached hydrogens (tertiary/aromatic N) is 5. The molecule has 0 saturated carbocycles. The zero-order chi connectivity index (χ0) is 31.6. The second kappa shape index (κ2) is 12.0. The minimum absolute atomic E-state index is 0.0523. The lowest BCUT2D eigenvalue weighted by Gasteiger charge is -2.31. The summed E-state index contributed by atoms with van der Waals surface area (Å²) in [5.74, 6) is -2.02. The van der Waals surface area contributed by atoms with Crippen LogP contribution in [-0.2, 0) is 24.3 Å². The number of carbonyl (C=O) groups excluding carboxylic acids is 3. The second-order valence-corrected chi connectivity index (χ2v) is 11.1. The van der Waals surface area contributed by atoms with Crippen LogP contribution in [0.4, 0.5) is 17.3 Å². The Bertz CT molecular complexity index is 1910. The lowest BCUT2D eigenvalue weighted by atomic mass is 10.1. The fourth-order valence-electron chi connectivity index (χ4n) is 4.59. The van der Waals surface area contributed by atoms with Crippen LogP contribution in [0, 0.1) is 0 Å². The Labute approximate surface area is 252 Å². The molecule has 1 aromatic heterocycles. The van der Waals surface area contributed by atoms with Crippen molar-refractivity contribution in [3.05, 3.63) is 78.4 Å². The van der Waals surface area contributed by atoms with Gasteiger partial charge < -0.3 is 19.7 Å². The summed E-state index contributed by atoms with van der Waals surface area (Å²) in [4.78, 5) is 44.6. The van der Waals surface area contributed by atoms with Gasteiger partial charge in [-0.1, -0.05) is 42.5 Å². The highest BCUT2D eigenvalue weighted by atomic mass is 32.2. The Hall–Kier alpha value is -5.57. The number of fused-ring (bicyclic) bond motifs is 1. The summed E-state index contributed by atoms with van der Waals surface area (Å²) >= 11 is 0. The third-order valence-corrected chi connectivity index (χ3v) is 7.96. The van der Waals surface area contributed by atoms with Crippen molar-refractivity contribution in [3.8, 4) is 17.1 Å². The summed E-state index contributed by atoms with van der Waals surface area (Å²) in [6.07, 6.45) is 0. The monoisotopic (exact) mass is 617 g/mol. The molecule has 5 rings (SSSR count). The highest BCUT2D eigenvalue weighted by Crippen LogP contribution is 2.35. The van der Waals surface area contributed by atoms with E-state index in [1.54, 1.807) is 55.6 Å². The third kappa shape index (κ3) is 5.72.